The highest BCUT2D eigenvalue weighted by Crippen LogP contribution is 2.19. The van der Waals surface area contributed by atoms with Gasteiger partial charge in [0.05, 0.1) is 0 Å². The summed E-state index contributed by atoms with van der Waals surface area (Å²) in [6, 6.07) is 0. The first-order valence-corrected chi connectivity index (χ1v) is 7.82. The van der Waals surface area contributed by atoms with Gasteiger partial charge in [0.1, 0.15) is 0 Å². The Morgan fingerprint density at radius 2 is 1.91 bits per heavy atom. The zero-order chi connectivity index (χ0) is 17.0. The van der Waals surface area contributed by atoms with Gasteiger partial charge in [-0.1, -0.05) is 39.8 Å². The van der Waals surface area contributed by atoms with Gasteiger partial charge in [0.25, 0.3) is 0 Å². The SMILES string of the molecule is CN(CC(C)(C)CN)C(=O)CCCc1nc(C(C)(C)C)no1. The summed E-state index contributed by atoms with van der Waals surface area (Å²) in [7, 11) is 1.82. The quantitative estimate of drug-likeness (QED) is 0.834. The van der Waals surface area contributed by atoms with Crippen molar-refractivity contribution in [3.8, 4) is 0 Å². The van der Waals surface area contributed by atoms with Gasteiger partial charge in [-0.3, -0.25) is 4.79 Å². The van der Waals surface area contributed by atoms with Crippen LogP contribution in [0.25, 0.3) is 0 Å². The van der Waals surface area contributed by atoms with Crippen molar-refractivity contribution in [1.82, 2.24) is 15.0 Å². The topological polar surface area (TPSA) is 85.2 Å². The Labute approximate surface area is 133 Å². The van der Waals surface area contributed by atoms with Crippen molar-refractivity contribution >= 4 is 5.91 Å². The number of hydrogen-bond donors (Lipinski definition) is 1. The Hall–Kier alpha value is -1.43. The fourth-order valence-electron chi connectivity index (χ4n) is 2.04. The molecule has 0 radical (unpaired) electrons. The molecule has 0 aliphatic rings. The van der Waals surface area contributed by atoms with Crippen LogP contribution in [0, 0.1) is 5.41 Å². The molecule has 1 aromatic heterocycles. The zero-order valence-corrected chi connectivity index (χ0v) is 14.8. The highest BCUT2D eigenvalue weighted by molar-refractivity contribution is 5.75. The van der Waals surface area contributed by atoms with E-state index in [-0.39, 0.29) is 16.7 Å². The van der Waals surface area contributed by atoms with E-state index in [0.717, 1.165) is 0 Å². The van der Waals surface area contributed by atoms with Crippen LogP contribution >= 0.6 is 0 Å². The van der Waals surface area contributed by atoms with Crippen molar-refractivity contribution in [2.24, 2.45) is 11.1 Å². The number of amides is 1. The summed E-state index contributed by atoms with van der Waals surface area (Å²) in [5.74, 6) is 1.43. The van der Waals surface area contributed by atoms with Gasteiger partial charge in [0.2, 0.25) is 11.8 Å². The molecule has 6 nitrogen and oxygen atoms in total. The third-order valence-electron chi connectivity index (χ3n) is 3.56. The number of carbonyl (C=O) groups excluding carboxylic acids is 1. The maximum absolute atomic E-state index is 12.1. The fraction of sp³-hybridized carbons (Fsp3) is 0.812. The van der Waals surface area contributed by atoms with Crippen LogP contribution in [0.5, 0.6) is 0 Å². The standard InChI is InChI=1S/C16H30N4O2/c1-15(2,3)14-18-12(22-19-14)8-7-9-13(21)20(6)11-16(4,5)10-17/h7-11,17H2,1-6H3. The molecule has 0 bridgehead atoms. The van der Waals surface area contributed by atoms with Crippen LogP contribution in [0.1, 0.15) is 59.2 Å². The molecule has 0 spiro atoms. The van der Waals surface area contributed by atoms with Crippen LogP contribution in [-0.2, 0) is 16.6 Å². The third kappa shape index (κ3) is 5.75. The van der Waals surface area contributed by atoms with Gasteiger partial charge in [-0.15, -0.1) is 0 Å². The number of aromatic nitrogens is 2. The summed E-state index contributed by atoms with van der Waals surface area (Å²) >= 11 is 0. The molecule has 0 saturated carbocycles. The number of nitrogens with two attached hydrogens (primary N) is 1. The van der Waals surface area contributed by atoms with Gasteiger partial charge in [-0.2, -0.15) is 4.98 Å². The number of nitrogens with zero attached hydrogens (tertiary/aromatic N) is 3. The molecular formula is C16H30N4O2. The van der Waals surface area contributed by atoms with Gasteiger partial charge in [0, 0.05) is 31.8 Å². The van der Waals surface area contributed by atoms with Crippen LogP contribution in [0.2, 0.25) is 0 Å². The second-order valence-electron chi connectivity index (χ2n) is 7.73. The molecule has 0 saturated heterocycles. The Balaban J connectivity index is 2.41. The lowest BCUT2D eigenvalue weighted by atomic mass is 9.93. The molecule has 1 amide bonds. The highest BCUT2D eigenvalue weighted by Gasteiger charge is 2.22. The monoisotopic (exact) mass is 310 g/mol. The van der Waals surface area contributed by atoms with Gasteiger partial charge in [-0.25, -0.2) is 0 Å². The van der Waals surface area contributed by atoms with E-state index in [4.69, 9.17) is 10.3 Å². The Kier molecular flexibility index (Phi) is 6.11. The van der Waals surface area contributed by atoms with E-state index in [1.165, 1.54) is 0 Å². The van der Waals surface area contributed by atoms with E-state index < -0.39 is 0 Å². The maximum Gasteiger partial charge on any atom is 0.226 e. The van der Waals surface area contributed by atoms with E-state index in [1.54, 1.807) is 4.90 Å². The summed E-state index contributed by atoms with van der Waals surface area (Å²) in [5, 5.41) is 3.98. The van der Waals surface area contributed by atoms with Crippen LogP contribution < -0.4 is 5.73 Å². The number of hydrogen-bond acceptors (Lipinski definition) is 5. The van der Waals surface area contributed by atoms with E-state index >= 15 is 0 Å². The largest absolute Gasteiger partial charge is 0.345 e. The van der Waals surface area contributed by atoms with Gasteiger partial charge in [-0.05, 0) is 18.4 Å². The lowest BCUT2D eigenvalue weighted by Gasteiger charge is -2.29. The molecular weight excluding hydrogens is 280 g/mol. The van der Waals surface area contributed by atoms with Crippen molar-refractivity contribution in [2.75, 3.05) is 20.1 Å². The Morgan fingerprint density at radius 1 is 1.27 bits per heavy atom. The molecule has 0 unspecified atom stereocenters. The molecule has 2 N–H and O–H groups in total. The van der Waals surface area contributed by atoms with Gasteiger partial charge >= 0.3 is 0 Å². The minimum Gasteiger partial charge on any atom is -0.345 e. The molecule has 0 fully saturated rings. The Bertz CT molecular complexity index is 489. The predicted molar refractivity (Wildman–Crippen MR) is 86.4 cm³/mol. The predicted octanol–water partition coefficient (Wildman–Crippen LogP) is 2.13. The van der Waals surface area contributed by atoms with Crippen LogP contribution in [-0.4, -0.2) is 41.1 Å². The van der Waals surface area contributed by atoms with Crippen LogP contribution in [0.15, 0.2) is 4.52 Å². The molecule has 0 aromatic carbocycles. The minimum absolute atomic E-state index is 0.0570. The minimum atomic E-state index is -0.119. The number of aryl methyl sites for hydroxylation is 1. The molecule has 0 aliphatic carbocycles. The van der Waals surface area contributed by atoms with Crippen molar-refractivity contribution in [3.05, 3.63) is 11.7 Å². The van der Waals surface area contributed by atoms with Crippen molar-refractivity contribution in [3.63, 3.8) is 0 Å². The molecule has 22 heavy (non-hydrogen) atoms. The first-order chi connectivity index (χ1) is 10.0. The van der Waals surface area contributed by atoms with Crippen LogP contribution in [0.4, 0.5) is 0 Å². The number of carbonyl (C=O) groups is 1. The summed E-state index contributed by atoms with van der Waals surface area (Å²) < 4.78 is 5.23. The summed E-state index contributed by atoms with van der Waals surface area (Å²) in [6.07, 6.45) is 1.81. The van der Waals surface area contributed by atoms with Crippen LogP contribution in [0.3, 0.4) is 0 Å². The molecule has 6 heteroatoms. The Morgan fingerprint density at radius 3 is 2.41 bits per heavy atom. The van der Waals surface area contributed by atoms with E-state index in [0.29, 0.717) is 44.1 Å². The second-order valence-corrected chi connectivity index (χ2v) is 7.73. The lowest BCUT2D eigenvalue weighted by Crippen LogP contribution is -2.39. The number of rotatable bonds is 7. The smallest absolute Gasteiger partial charge is 0.226 e. The molecule has 0 aliphatic heterocycles. The lowest BCUT2D eigenvalue weighted by molar-refractivity contribution is -0.131. The highest BCUT2D eigenvalue weighted by atomic mass is 16.5. The average Bonchev–Trinajstić information content (AvgIpc) is 2.87. The van der Waals surface area contributed by atoms with E-state index in [1.807, 2.05) is 27.8 Å². The zero-order valence-electron chi connectivity index (χ0n) is 14.8. The maximum atomic E-state index is 12.1. The molecule has 1 rings (SSSR count). The van der Waals surface area contributed by atoms with Crippen molar-refractivity contribution < 1.29 is 9.32 Å². The second kappa shape index (κ2) is 7.22. The van der Waals surface area contributed by atoms with Crippen molar-refractivity contribution in [2.45, 2.75) is 59.3 Å². The fourth-order valence-corrected chi connectivity index (χ4v) is 2.04. The third-order valence-corrected chi connectivity index (χ3v) is 3.56. The molecule has 0 atom stereocenters. The summed E-state index contributed by atoms with van der Waals surface area (Å²) in [4.78, 5) is 18.2. The van der Waals surface area contributed by atoms with Gasteiger partial charge in [0.15, 0.2) is 5.82 Å². The first-order valence-electron chi connectivity index (χ1n) is 7.82. The van der Waals surface area contributed by atoms with Gasteiger partial charge < -0.3 is 15.2 Å². The molecule has 1 heterocycles. The normalized spacial score (nSPS) is 12.5. The molecule has 126 valence electrons. The van der Waals surface area contributed by atoms with Crippen molar-refractivity contribution in [1.29, 1.82) is 0 Å². The van der Waals surface area contributed by atoms with E-state index in [9.17, 15) is 4.79 Å². The average molecular weight is 310 g/mol. The molecule has 1 aromatic rings. The van der Waals surface area contributed by atoms with E-state index in [2.05, 4.69) is 24.0 Å². The summed E-state index contributed by atoms with van der Waals surface area (Å²) in [6.45, 7) is 11.5. The first kappa shape index (κ1) is 18.6. The summed E-state index contributed by atoms with van der Waals surface area (Å²) in [5.41, 5.74) is 5.53.